The predicted molar refractivity (Wildman–Crippen MR) is 149 cm³/mol. The van der Waals surface area contributed by atoms with Crippen LogP contribution >= 0.6 is 11.3 Å². The van der Waals surface area contributed by atoms with Crippen LogP contribution in [0.4, 0.5) is 9.52 Å². The molecule has 0 saturated carbocycles. The number of halogens is 1. The van der Waals surface area contributed by atoms with Crippen LogP contribution in [0, 0.1) is 5.82 Å². The second-order valence-corrected chi connectivity index (χ2v) is 10.1. The Bertz CT molecular complexity index is 1560. The molecule has 5 rings (SSSR count). The van der Waals surface area contributed by atoms with Crippen molar-refractivity contribution < 1.29 is 28.6 Å². The van der Waals surface area contributed by atoms with E-state index < -0.39 is 23.5 Å². The van der Waals surface area contributed by atoms with Crippen molar-refractivity contribution in [2.75, 3.05) is 18.1 Å². The summed E-state index contributed by atoms with van der Waals surface area (Å²) in [6.07, 6.45) is 1.66. The number of hydrogen-bond donors (Lipinski definition) is 1. The van der Waals surface area contributed by atoms with E-state index >= 15 is 0 Å². The number of aliphatic hydroxyl groups is 1. The molecular formula is C30H27FN2O5S. The molecule has 1 aromatic heterocycles. The van der Waals surface area contributed by atoms with Crippen molar-refractivity contribution >= 4 is 44.1 Å². The highest BCUT2D eigenvalue weighted by molar-refractivity contribution is 7.22. The van der Waals surface area contributed by atoms with E-state index in [4.69, 9.17) is 9.47 Å². The number of aromatic nitrogens is 1. The van der Waals surface area contributed by atoms with Crippen LogP contribution in [0.2, 0.25) is 0 Å². The van der Waals surface area contributed by atoms with Crippen LogP contribution < -0.4 is 14.4 Å². The summed E-state index contributed by atoms with van der Waals surface area (Å²) in [7, 11) is 0. The van der Waals surface area contributed by atoms with E-state index in [1.807, 2.05) is 13.8 Å². The van der Waals surface area contributed by atoms with E-state index in [2.05, 4.69) is 4.98 Å². The molecule has 3 aromatic carbocycles. The third-order valence-corrected chi connectivity index (χ3v) is 7.25. The Hall–Kier alpha value is -4.24. The number of thiazole rings is 1. The van der Waals surface area contributed by atoms with E-state index in [1.54, 1.807) is 48.5 Å². The maximum absolute atomic E-state index is 13.9. The largest absolute Gasteiger partial charge is 0.507 e. The number of rotatable bonds is 9. The van der Waals surface area contributed by atoms with Crippen LogP contribution in [0.1, 0.15) is 43.9 Å². The van der Waals surface area contributed by atoms with Gasteiger partial charge in [0.2, 0.25) is 0 Å². The Labute approximate surface area is 229 Å². The molecule has 0 bridgehead atoms. The van der Waals surface area contributed by atoms with Gasteiger partial charge in [-0.1, -0.05) is 37.3 Å². The minimum atomic E-state index is -0.975. The lowest BCUT2D eigenvalue weighted by Crippen LogP contribution is -2.29. The molecular weight excluding hydrogens is 519 g/mol. The number of carbonyl (C=O) groups is 2. The SMILES string of the molecule is CCCOc1ccc(C(O)=C2C(=O)C(=O)N(c3nc4ccc(F)cc4s3)C2c2cccc(OCCC)c2)cc1. The van der Waals surface area contributed by atoms with Gasteiger partial charge in [-0.15, -0.1) is 0 Å². The number of nitrogens with zero attached hydrogens (tertiary/aromatic N) is 2. The Balaban J connectivity index is 1.65. The van der Waals surface area contributed by atoms with Gasteiger partial charge < -0.3 is 14.6 Å². The van der Waals surface area contributed by atoms with Crippen molar-refractivity contribution in [3.05, 3.63) is 89.2 Å². The first-order valence-corrected chi connectivity index (χ1v) is 13.6. The van der Waals surface area contributed by atoms with Crippen LogP contribution in [-0.4, -0.2) is 35.0 Å². The number of ether oxygens (including phenoxy) is 2. The van der Waals surface area contributed by atoms with Crippen molar-refractivity contribution in [1.29, 1.82) is 0 Å². The zero-order valence-electron chi connectivity index (χ0n) is 21.5. The highest BCUT2D eigenvalue weighted by Gasteiger charge is 2.48. The number of hydrogen-bond acceptors (Lipinski definition) is 7. The molecule has 1 N–H and O–H groups in total. The number of amides is 1. The van der Waals surface area contributed by atoms with Gasteiger partial charge in [0, 0.05) is 5.56 Å². The lowest BCUT2D eigenvalue weighted by atomic mass is 9.95. The molecule has 7 nitrogen and oxygen atoms in total. The van der Waals surface area contributed by atoms with Crippen LogP contribution in [0.15, 0.2) is 72.3 Å². The predicted octanol–water partition coefficient (Wildman–Crippen LogP) is 6.64. The molecule has 0 aliphatic carbocycles. The zero-order chi connectivity index (χ0) is 27.5. The standard InChI is InChI=1S/C30H27FN2O5S/c1-3-14-37-21-11-8-18(9-12-21)27(34)25-26(19-6-5-7-22(16-19)38-15-4-2)33(29(36)28(25)35)30-32-23-13-10-20(31)17-24(23)39-30/h5-13,16-17,26,34H,3-4,14-15H2,1-2H3. The van der Waals surface area contributed by atoms with Crippen LogP contribution in [0.25, 0.3) is 16.0 Å². The first-order chi connectivity index (χ1) is 18.9. The summed E-state index contributed by atoms with van der Waals surface area (Å²) >= 11 is 1.10. The fraction of sp³-hybridized carbons (Fsp3) is 0.233. The molecule has 1 unspecified atom stereocenters. The van der Waals surface area contributed by atoms with Gasteiger partial charge in [0.05, 0.1) is 35.0 Å². The van der Waals surface area contributed by atoms with E-state index in [0.29, 0.717) is 46.1 Å². The van der Waals surface area contributed by atoms with E-state index in [1.165, 1.54) is 23.1 Å². The molecule has 1 aliphatic rings. The van der Waals surface area contributed by atoms with Crippen molar-refractivity contribution in [1.82, 2.24) is 4.98 Å². The van der Waals surface area contributed by atoms with E-state index in [-0.39, 0.29) is 16.5 Å². The number of anilines is 1. The number of Topliss-reactive ketones (excluding diaryl/α,β-unsaturated/α-hetero) is 1. The quantitative estimate of drug-likeness (QED) is 0.144. The second kappa shape index (κ2) is 11.2. The van der Waals surface area contributed by atoms with Gasteiger partial charge in [0.1, 0.15) is 23.1 Å². The van der Waals surface area contributed by atoms with Gasteiger partial charge in [-0.3, -0.25) is 14.5 Å². The minimum Gasteiger partial charge on any atom is -0.507 e. The average Bonchev–Trinajstić information content (AvgIpc) is 3.48. The first kappa shape index (κ1) is 26.4. The van der Waals surface area contributed by atoms with Crippen LogP contribution in [-0.2, 0) is 9.59 Å². The summed E-state index contributed by atoms with van der Waals surface area (Å²) in [6.45, 7) is 5.05. The van der Waals surface area contributed by atoms with Crippen molar-refractivity contribution in [3.8, 4) is 11.5 Å². The number of carbonyl (C=O) groups excluding carboxylic acids is 2. The summed E-state index contributed by atoms with van der Waals surface area (Å²) in [6, 6.07) is 17.0. The fourth-order valence-corrected chi connectivity index (χ4v) is 5.43. The van der Waals surface area contributed by atoms with Crippen molar-refractivity contribution in [3.63, 3.8) is 0 Å². The summed E-state index contributed by atoms with van der Waals surface area (Å²) in [5, 5.41) is 11.6. The summed E-state index contributed by atoms with van der Waals surface area (Å²) in [5.74, 6) is -1.20. The summed E-state index contributed by atoms with van der Waals surface area (Å²) < 4.78 is 25.8. The first-order valence-electron chi connectivity index (χ1n) is 12.7. The number of fused-ring (bicyclic) bond motifs is 1. The normalized spacial score (nSPS) is 16.7. The number of ketones is 1. The lowest BCUT2D eigenvalue weighted by Gasteiger charge is -2.23. The summed E-state index contributed by atoms with van der Waals surface area (Å²) in [5.41, 5.74) is 1.37. The van der Waals surface area contributed by atoms with E-state index in [9.17, 15) is 19.1 Å². The molecule has 1 saturated heterocycles. The lowest BCUT2D eigenvalue weighted by molar-refractivity contribution is -0.132. The smallest absolute Gasteiger partial charge is 0.301 e. The van der Waals surface area contributed by atoms with Crippen molar-refractivity contribution in [2.24, 2.45) is 0 Å². The third-order valence-electron chi connectivity index (χ3n) is 6.24. The second-order valence-electron chi connectivity index (χ2n) is 9.07. The van der Waals surface area contributed by atoms with Crippen molar-refractivity contribution in [2.45, 2.75) is 32.7 Å². The van der Waals surface area contributed by atoms with E-state index in [0.717, 1.165) is 24.2 Å². The van der Waals surface area contributed by atoms with Crippen LogP contribution in [0.3, 0.4) is 0 Å². The Morgan fingerprint density at radius 1 is 0.974 bits per heavy atom. The molecule has 0 radical (unpaired) electrons. The fourth-order valence-electron chi connectivity index (χ4n) is 4.41. The molecule has 2 heterocycles. The Morgan fingerprint density at radius 3 is 2.41 bits per heavy atom. The zero-order valence-corrected chi connectivity index (χ0v) is 22.3. The molecule has 39 heavy (non-hydrogen) atoms. The monoisotopic (exact) mass is 546 g/mol. The maximum Gasteiger partial charge on any atom is 0.301 e. The Morgan fingerprint density at radius 2 is 1.69 bits per heavy atom. The molecule has 1 atom stereocenters. The molecule has 200 valence electrons. The van der Waals surface area contributed by atoms with Gasteiger partial charge in [-0.2, -0.15) is 0 Å². The highest BCUT2D eigenvalue weighted by atomic mass is 32.1. The average molecular weight is 547 g/mol. The molecule has 1 fully saturated rings. The molecule has 1 amide bonds. The van der Waals surface area contributed by atoms with Gasteiger partial charge in [0.25, 0.3) is 5.78 Å². The molecule has 1 aliphatic heterocycles. The molecule has 4 aromatic rings. The molecule has 0 spiro atoms. The maximum atomic E-state index is 13.9. The van der Waals surface area contributed by atoms with Gasteiger partial charge in [-0.05, 0) is 73.0 Å². The number of benzene rings is 3. The summed E-state index contributed by atoms with van der Waals surface area (Å²) in [4.78, 5) is 32.8. The minimum absolute atomic E-state index is 0.0692. The van der Waals surface area contributed by atoms with Crippen LogP contribution in [0.5, 0.6) is 11.5 Å². The highest BCUT2D eigenvalue weighted by Crippen LogP contribution is 2.45. The van der Waals surface area contributed by atoms with Gasteiger partial charge >= 0.3 is 5.91 Å². The number of aliphatic hydroxyl groups excluding tert-OH is 1. The topological polar surface area (TPSA) is 89.0 Å². The third kappa shape index (κ3) is 5.22. The van der Waals surface area contributed by atoms with Gasteiger partial charge in [-0.25, -0.2) is 9.37 Å². The van der Waals surface area contributed by atoms with Gasteiger partial charge in [0.15, 0.2) is 5.13 Å². The molecule has 9 heteroatoms. The Kier molecular flexibility index (Phi) is 7.60.